The van der Waals surface area contributed by atoms with E-state index in [9.17, 15) is 0 Å². The van der Waals surface area contributed by atoms with Crippen LogP contribution in [0.3, 0.4) is 0 Å². The van der Waals surface area contributed by atoms with Gasteiger partial charge in [-0.15, -0.1) is 0 Å². The average molecular weight is 499 g/mol. The molecule has 3 aromatic rings. The van der Waals surface area contributed by atoms with E-state index in [1.165, 1.54) is 44.6 Å². The molecule has 0 radical (unpaired) electrons. The lowest BCUT2D eigenvalue weighted by Crippen LogP contribution is -2.29. The first-order chi connectivity index (χ1) is 19.3. The number of nitrogens with zero attached hydrogens (tertiary/aromatic N) is 2. The largest absolute Gasteiger partial charge is 0.311 e. The molecule has 1 aliphatic heterocycles. The van der Waals surface area contributed by atoms with E-state index >= 15 is 0 Å². The highest BCUT2D eigenvalue weighted by atomic mass is 15.1. The smallest absolute Gasteiger partial charge is 0.100 e. The highest BCUT2D eigenvalue weighted by molar-refractivity contribution is 5.88. The van der Waals surface area contributed by atoms with Crippen LogP contribution in [0.15, 0.2) is 178 Å². The number of dihydropyridines is 1. The lowest BCUT2D eigenvalue weighted by molar-refractivity contribution is 0.786. The summed E-state index contributed by atoms with van der Waals surface area (Å²) in [7, 11) is 0. The summed E-state index contributed by atoms with van der Waals surface area (Å²) in [5.74, 6) is 0.258. The maximum Gasteiger partial charge on any atom is 0.100 e. The van der Waals surface area contributed by atoms with Crippen LogP contribution >= 0.6 is 0 Å². The van der Waals surface area contributed by atoms with Gasteiger partial charge in [-0.1, -0.05) is 91.1 Å². The van der Waals surface area contributed by atoms with E-state index in [0.717, 1.165) is 17.1 Å². The number of allylic oxidation sites excluding steroid dienone is 12. The predicted octanol–water partition coefficient (Wildman–Crippen LogP) is 8.78. The van der Waals surface area contributed by atoms with E-state index in [4.69, 9.17) is 4.99 Å². The second-order valence-corrected chi connectivity index (χ2v) is 10.4. The van der Waals surface area contributed by atoms with Crippen molar-refractivity contribution >= 4 is 28.8 Å². The van der Waals surface area contributed by atoms with Crippen molar-refractivity contribution in [2.24, 2.45) is 10.9 Å². The van der Waals surface area contributed by atoms with Crippen molar-refractivity contribution in [3.63, 3.8) is 0 Å². The van der Waals surface area contributed by atoms with Crippen LogP contribution < -0.4 is 4.90 Å². The second-order valence-electron chi connectivity index (χ2n) is 10.4. The summed E-state index contributed by atoms with van der Waals surface area (Å²) >= 11 is 0. The molecule has 5 aliphatic rings. The number of rotatable bonds is 4. The molecule has 0 amide bonds. The number of benzene rings is 3. The summed E-state index contributed by atoms with van der Waals surface area (Å²) in [5.41, 5.74) is 14.0. The third kappa shape index (κ3) is 3.53. The Morgan fingerprint density at radius 3 is 2.08 bits per heavy atom. The summed E-state index contributed by atoms with van der Waals surface area (Å²) in [5, 5.41) is 0. The summed E-state index contributed by atoms with van der Waals surface area (Å²) < 4.78 is 0. The Labute approximate surface area is 229 Å². The van der Waals surface area contributed by atoms with Gasteiger partial charge < -0.3 is 4.90 Å². The van der Waals surface area contributed by atoms with Crippen molar-refractivity contribution in [1.82, 2.24) is 0 Å². The maximum atomic E-state index is 4.84. The Morgan fingerprint density at radius 1 is 0.615 bits per heavy atom. The van der Waals surface area contributed by atoms with E-state index in [0.29, 0.717) is 0 Å². The molecule has 3 aromatic carbocycles. The minimum Gasteiger partial charge on any atom is -0.311 e. The van der Waals surface area contributed by atoms with Crippen molar-refractivity contribution in [3.05, 3.63) is 179 Å². The fourth-order valence-corrected chi connectivity index (χ4v) is 6.46. The van der Waals surface area contributed by atoms with E-state index in [1.807, 2.05) is 12.3 Å². The van der Waals surface area contributed by atoms with Crippen molar-refractivity contribution in [3.8, 4) is 0 Å². The molecule has 2 atom stereocenters. The minimum absolute atomic E-state index is 0.106. The van der Waals surface area contributed by atoms with Gasteiger partial charge in [0.1, 0.15) is 6.04 Å². The first-order valence-corrected chi connectivity index (χ1v) is 13.5. The molecular formula is C37H26N2. The molecule has 2 unspecified atom stereocenters. The number of anilines is 3. The molecule has 2 nitrogen and oxygen atoms in total. The van der Waals surface area contributed by atoms with Crippen LogP contribution in [0.2, 0.25) is 0 Å². The van der Waals surface area contributed by atoms with Gasteiger partial charge in [0.15, 0.2) is 0 Å². The van der Waals surface area contributed by atoms with Gasteiger partial charge in [-0.2, -0.15) is 0 Å². The van der Waals surface area contributed by atoms with Crippen molar-refractivity contribution in [2.45, 2.75) is 6.04 Å². The van der Waals surface area contributed by atoms with Crippen LogP contribution in [0.25, 0.3) is 5.57 Å². The zero-order chi connectivity index (χ0) is 25.8. The number of hydrogen-bond acceptors (Lipinski definition) is 2. The molecule has 0 saturated carbocycles. The predicted molar refractivity (Wildman–Crippen MR) is 163 cm³/mol. The highest BCUT2D eigenvalue weighted by Crippen LogP contribution is 2.51. The number of para-hydroxylation sites is 2. The first-order valence-electron chi connectivity index (χ1n) is 13.5. The van der Waals surface area contributed by atoms with Gasteiger partial charge in [0, 0.05) is 29.2 Å². The van der Waals surface area contributed by atoms with E-state index in [2.05, 4.69) is 138 Å². The number of fused-ring (bicyclic) bond motifs is 2. The lowest BCUT2D eigenvalue weighted by Gasteiger charge is -2.39. The monoisotopic (exact) mass is 498 g/mol. The zero-order valence-electron chi connectivity index (χ0n) is 21.4. The standard InChI is InChI=1S/C37H26N2/c1-3-9-29(10-4-1)39(30-11-5-2-6-12-30)31-18-13-25(14-19-31)32-20-15-26-16-22-34-36-27(17-21-33(32)35(26)36)24-28-8-7-23-38-37(28)34/h1-24,35,37H. The quantitative estimate of drug-likeness (QED) is 0.351. The summed E-state index contributed by atoms with van der Waals surface area (Å²) in [6, 6.07) is 30.2. The average Bonchev–Trinajstić information content (AvgIpc) is 3.01. The molecule has 0 saturated heterocycles. The topological polar surface area (TPSA) is 15.6 Å². The van der Waals surface area contributed by atoms with E-state index < -0.39 is 0 Å². The number of aliphatic imine (C=N–C) groups is 1. The van der Waals surface area contributed by atoms with Crippen LogP contribution in [0, 0.1) is 5.92 Å². The van der Waals surface area contributed by atoms with Crippen LogP contribution in [0.5, 0.6) is 0 Å². The Bertz CT molecular complexity index is 1730. The Balaban J connectivity index is 1.20. The van der Waals surface area contributed by atoms with E-state index in [1.54, 1.807) is 0 Å². The van der Waals surface area contributed by atoms with Crippen LogP contribution in [-0.4, -0.2) is 12.3 Å². The van der Waals surface area contributed by atoms with Gasteiger partial charge in [0.05, 0.1) is 0 Å². The van der Waals surface area contributed by atoms with Crippen molar-refractivity contribution in [1.29, 1.82) is 0 Å². The van der Waals surface area contributed by atoms with Gasteiger partial charge in [0.2, 0.25) is 0 Å². The normalized spacial score (nSPS) is 21.7. The summed E-state index contributed by atoms with van der Waals surface area (Å²) in [6.45, 7) is 0. The lowest BCUT2D eigenvalue weighted by atomic mass is 9.65. The molecule has 184 valence electrons. The molecule has 0 fully saturated rings. The molecule has 8 rings (SSSR count). The molecule has 4 aliphatic carbocycles. The van der Waals surface area contributed by atoms with Gasteiger partial charge in [0.25, 0.3) is 0 Å². The second kappa shape index (κ2) is 8.82. The molecule has 0 spiro atoms. The Morgan fingerprint density at radius 2 is 1.33 bits per heavy atom. The summed E-state index contributed by atoms with van der Waals surface area (Å²) in [6.07, 6.45) is 22.3. The zero-order valence-corrected chi connectivity index (χ0v) is 21.4. The van der Waals surface area contributed by atoms with Gasteiger partial charge >= 0.3 is 0 Å². The number of hydrogen-bond donors (Lipinski definition) is 0. The molecule has 0 bridgehead atoms. The first kappa shape index (κ1) is 22.1. The minimum atomic E-state index is 0.106. The van der Waals surface area contributed by atoms with E-state index in [-0.39, 0.29) is 12.0 Å². The van der Waals surface area contributed by atoms with Gasteiger partial charge in [-0.25, -0.2) is 0 Å². The molecule has 39 heavy (non-hydrogen) atoms. The SMILES string of the molecule is C1=CC2=CC3=C4C(=CC=C5C=CC(c6ccc(N(c7ccccc7)c7ccccc7)cc6)=C(C=C3)C54)C2N=C1. The molecule has 0 N–H and O–H groups in total. The van der Waals surface area contributed by atoms with Crippen molar-refractivity contribution in [2.75, 3.05) is 4.90 Å². The fraction of sp³-hybridized carbons (Fsp3) is 0.0541. The fourth-order valence-electron chi connectivity index (χ4n) is 6.46. The van der Waals surface area contributed by atoms with Crippen LogP contribution in [0.1, 0.15) is 5.56 Å². The van der Waals surface area contributed by atoms with Crippen LogP contribution in [0.4, 0.5) is 17.1 Å². The molecule has 1 heterocycles. The maximum absolute atomic E-state index is 4.84. The van der Waals surface area contributed by atoms with Gasteiger partial charge in [-0.05, 0) is 93.1 Å². The highest BCUT2D eigenvalue weighted by Gasteiger charge is 2.38. The molecule has 2 heteroatoms. The van der Waals surface area contributed by atoms with Crippen molar-refractivity contribution < 1.29 is 0 Å². The summed E-state index contributed by atoms with van der Waals surface area (Å²) in [4.78, 5) is 7.14. The van der Waals surface area contributed by atoms with Gasteiger partial charge in [-0.3, -0.25) is 4.99 Å². The Hall–Kier alpha value is -4.95. The third-order valence-corrected chi connectivity index (χ3v) is 8.21. The Kier molecular flexibility index (Phi) is 4.99. The van der Waals surface area contributed by atoms with Crippen LogP contribution in [-0.2, 0) is 0 Å². The molecular weight excluding hydrogens is 472 g/mol. The molecule has 0 aromatic heterocycles. The third-order valence-electron chi connectivity index (χ3n) is 8.21.